The number of hydrogen-bond acceptors (Lipinski definition) is 4. The second-order valence-corrected chi connectivity index (χ2v) is 6.15. The van der Waals surface area contributed by atoms with Crippen LogP contribution < -0.4 is 5.73 Å². The predicted octanol–water partition coefficient (Wildman–Crippen LogP) is -0.222. The van der Waals surface area contributed by atoms with Crippen LogP contribution in [0.25, 0.3) is 0 Å². The van der Waals surface area contributed by atoms with Crippen molar-refractivity contribution < 1.29 is 23.1 Å². The molecular weight excluding hydrogens is 284 g/mol. The van der Waals surface area contributed by atoms with Crippen molar-refractivity contribution in [3.63, 3.8) is 0 Å². The molecule has 8 heteroatoms. The zero-order valence-corrected chi connectivity index (χ0v) is 11.5. The monoisotopic (exact) mass is 300 g/mol. The molecule has 0 aliphatic carbocycles. The van der Waals surface area contributed by atoms with Gasteiger partial charge in [-0.2, -0.15) is 4.31 Å². The number of nitrogens with two attached hydrogens (primary N) is 1. The van der Waals surface area contributed by atoms with E-state index in [9.17, 15) is 18.0 Å². The van der Waals surface area contributed by atoms with Crippen molar-refractivity contribution in [2.45, 2.75) is 13.0 Å². The maximum Gasteiger partial charge on any atom is 0.320 e. The summed E-state index contributed by atoms with van der Waals surface area (Å²) in [7, 11) is -3.99. The van der Waals surface area contributed by atoms with E-state index in [0.717, 1.165) is 4.31 Å². The first-order valence-electron chi connectivity index (χ1n) is 5.83. The molecule has 0 bridgehead atoms. The third-order valence-electron chi connectivity index (χ3n) is 2.51. The number of nitrogens with zero attached hydrogens (tertiary/aromatic N) is 1. The molecule has 0 aromatic heterocycles. The number of carbonyl (C=O) groups excluding carboxylic acids is 1. The Kier molecular flexibility index (Phi) is 5.66. The van der Waals surface area contributed by atoms with Gasteiger partial charge in [0, 0.05) is 19.5 Å². The van der Waals surface area contributed by atoms with Crippen molar-refractivity contribution >= 4 is 21.9 Å². The summed E-state index contributed by atoms with van der Waals surface area (Å²) in [5.41, 5.74) is 5.70. The van der Waals surface area contributed by atoms with Crippen LogP contribution in [-0.2, 0) is 26.2 Å². The Morgan fingerprint density at radius 3 is 2.30 bits per heavy atom. The molecule has 0 saturated carbocycles. The number of rotatable bonds is 8. The lowest BCUT2D eigenvalue weighted by Gasteiger charge is -2.20. The Morgan fingerprint density at radius 2 is 1.80 bits per heavy atom. The fourth-order valence-corrected chi connectivity index (χ4v) is 2.80. The van der Waals surface area contributed by atoms with Crippen molar-refractivity contribution in [1.82, 2.24) is 4.31 Å². The lowest BCUT2D eigenvalue weighted by molar-refractivity contribution is -0.134. The van der Waals surface area contributed by atoms with Crippen LogP contribution in [0.1, 0.15) is 12.0 Å². The fourth-order valence-electron chi connectivity index (χ4n) is 1.59. The van der Waals surface area contributed by atoms with Gasteiger partial charge in [-0.3, -0.25) is 9.59 Å². The molecule has 1 rings (SSSR count). The molecule has 110 valence electrons. The van der Waals surface area contributed by atoms with E-state index in [1.807, 2.05) is 0 Å². The molecule has 1 aromatic carbocycles. The average Bonchev–Trinajstić information content (AvgIpc) is 2.33. The van der Waals surface area contributed by atoms with Gasteiger partial charge in [-0.15, -0.1) is 0 Å². The molecule has 20 heavy (non-hydrogen) atoms. The summed E-state index contributed by atoms with van der Waals surface area (Å²) >= 11 is 0. The van der Waals surface area contributed by atoms with E-state index in [2.05, 4.69) is 0 Å². The van der Waals surface area contributed by atoms with Crippen molar-refractivity contribution in [3.8, 4) is 0 Å². The summed E-state index contributed by atoms with van der Waals surface area (Å²) in [6.07, 6.45) is -0.161. The van der Waals surface area contributed by atoms with Gasteiger partial charge >= 0.3 is 5.97 Å². The number of carboxylic acids is 1. The van der Waals surface area contributed by atoms with Crippen molar-refractivity contribution in [2.75, 3.05) is 12.3 Å². The van der Waals surface area contributed by atoms with Gasteiger partial charge < -0.3 is 10.8 Å². The van der Waals surface area contributed by atoms with E-state index < -0.39 is 27.7 Å². The summed E-state index contributed by atoms with van der Waals surface area (Å²) < 4.78 is 24.9. The molecule has 1 aromatic rings. The number of amides is 1. The van der Waals surface area contributed by atoms with E-state index in [-0.39, 0.29) is 19.5 Å². The van der Waals surface area contributed by atoms with Gasteiger partial charge in [-0.05, 0) is 5.56 Å². The third-order valence-corrected chi connectivity index (χ3v) is 4.22. The topological polar surface area (TPSA) is 118 Å². The first-order valence-corrected chi connectivity index (χ1v) is 7.44. The van der Waals surface area contributed by atoms with Crippen LogP contribution in [0.3, 0.4) is 0 Å². The minimum Gasteiger partial charge on any atom is -0.480 e. The molecule has 3 N–H and O–H groups in total. The van der Waals surface area contributed by atoms with Crippen molar-refractivity contribution in [1.29, 1.82) is 0 Å². The first kappa shape index (κ1) is 16.1. The Morgan fingerprint density at radius 1 is 1.20 bits per heavy atom. The normalized spacial score (nSPS) is 11.4. The summed E-state index contributed by atoms with van der Waals surface area (Å²) in [6.45, 7) is -0.135. The van der Waals surface area contributed by atoms with Gasteiger partial charge in [0.2, 0.25) is 15.9 Å². The van der Waals surface area contributed by atoms with E-state index in [1.165, 1.54) is 0 Å². The predicted molar refractivity (Wildman–Crippen MR) is 72.1 cm³/mol. The molecule has 7 nitrogen and oxygen atoms in total. The van der Waals surface area contributed by atoms with Crippen LogP contribution in [0.5, 0.6) is 0 Å². The molecule has 0 aliphatic rings. The second kappa shape index (κ2) is 7.01. The second-order valence-electron chi connectivity index (χ2n) is 4.19. The van der Waals surface area contributed by atoms with Gasteiger partial charge in [-0.25, -0.2) is 8.42 Å². The Balaban J connectivity index is 2.90. The smallest absolute Gasteiger partial charge is 0.320 e. The standard InChI is InChI=1S/C12H16N2O5S/c13-11(15)6-7-14(20(18,19)9-12(16)17)8-10-4-2-1-3-5-10/h1-5H,6-9H2,(H2,13,15)(H,16,17). The third kappa shape index (κ3) is 5.37. The van der Waals surface area contributed by atoms with Crippen molar-refractivity contribution in [2.24, 2.45) is 5.73 Å². The van der Waals surface area contributed by atoms with Gasteiger partial charge in [0.05, 0.1) is 0 Å². The number of primary amides is 1. The highest BCUT2D eigenvalue weighted by Crippen LogP contribution is 2.10. The number of hydrogen-bond donors (Lipinski definition) is 2. The maximum atomic E-state index is 12.0. The van der Waals surface area contributed by atoms with Crippen molar-refractivity contribution in [3.05, 3.63) is 35.9 Å². The van der Waals surface area contributed by atoms with Gasteiger partial charge in [0.25, 0.3) is 0 Å². The minimum atomic E-state index is -3.99. The van der Waals surface area contributed by atoms with Gasteiger partial charge in [0.1, 0.15) is 0 Å². The van der Waals surface area contributed by atoms with Crippen LogP contribution >= 0.6 is 0 Å². The van der Waals surface area contributed by atoms with E-state index in [0.29, 0.717) is 5.56 Å². The molecular formula is C12H16N2O5S. The molecule has 0 heterocycles. The molecule has 0 radical (unpaired) electrons. The zero-order chi connectivity index (χ0) is 15.2. The molecule has 0 atom stereocenters. The minimum absolute atomic E-state index is 0.00370. The van der Waals surface area contributed by atoms with Crippen LogP contribution in [0, 0.1) is 0 Å². The molecule has 0 spiro atoms. The summed E-state index contributed by atoms with van der Waals surface area (Å²) in [6, 6.07) is 8.70. The summed E-state index contributed by atoms with van der Waals surface area (Å²) in [4.78, 5) is 21.4. The highest BCUT2D eigenvalue weighted by molar-refractivity contribution is 7.89. The number of carboxylic acid groups (broad SMARTS) is 1. The average molecular weight is 300 g/mol. The number of sulfonamides is 1. The number of aliphatic carboxylic acids is 1. The molecule has 1 amide bonds. The first-order chi connectivity index (χ1) is 9.31. The summed E-state index contributed by atoms with van der Waals surface area (Å²) in [5, 5.41) is 8.64. The Hall–Kier alpha value is -1.93. The summed E-state index contributed by atoms with van der Waals surface area (Å²) in [5.74, 6) is -3.10. The van der Waals surface area contributed by atoms with E-state index >= 15 is 0 Å². The highest BCUT2D eigenvalue weighted by Gasteiger charge is 2.25. The SMILES string of the molecule is NC(=O)CCN(Cc1ccccc1)S(=O)(=O)CC(=O)O. The molecule has 0 aliphatic heterocycles. The molecule has 0 unspecified atom stereocenters. The number of carbonyl (C=O) groups is 2. The maximum absolute atomic E-state index is 12.0. The highest BCUT2D eigenvalue weighted by atomic mass is 32.2. The van der Waals surface area contributed by atoms with Gasteiger partial charge in [0.15, 0.2) is 5.75 Å². The molecule has 0 saturated heterocycles. The van der Waals surface area contributed by atoms with Gasteiger partial charge in [-0.1, -0.05) is 30.3 Å². The van der Waals surface area contributed by atoms with Crippen LogP contribution in [-0.4, -0.2) is 42.0 Å². The lowest BCUT2D eigenvalue weighted by Crippen LogP contribution is -2.37. The largest absolute Gasteiger partial charge is 0.480 e. The lowest BCUT2D eigenvalue weighted by atomic mass is 10.2. The van der Waals surface area contributed by atoms with E-state index in [4.69, 9.17) is 10.8 Å². The molecule has 0 fully saturated rings. The zero-order valence-electron chi connectivity index (χ0n) is 10.7. The van der Waals surface area contributed by atoms with E-state index in [1.54, 1.807) is 30.3 Å². The fraction of sp³-hybridized carbons (Fsp3) is 0.333. The van der Waals surface area contributed by atoms with Crippen LogP contribution in [0.2, 0.25) is 0 Å². The number of benzene rings is 1. The Bertz CT molecular complexity index is 571. The van der Waals surface area contributed by atoms with Crippen LogP contribution in [0.4, 0.5) is 0 Å². The quantitative estimate of drug-likeness (QED) is 0.688. The van der Waals surface area contributed by atoms with Crippen LogP contribution in [0.15, 0.2) is 30.3 Å². The Labute approximate surface area is 117 Å².